The molecule has 2 aromatic carbocycles. The zero-order chi connectivity index (χ0) is 15.2. The molecule has 0 aliphatic heterocycles. The minimum Gasteiger partial charge on any atom is -0.481 e. The Morgan fingerprint density at radius 3 is 2.43 bits per heavy atom. The first-order chi connectivity index (χ1) is 10.1. The number of carboxylic acids is 1. The molecule has 3 nitrogen and oxygen atoms in total. The second-order valence-corrected chi connectivity index (χ2v) is 4.64. The number of carbonyl (C=O) groups is 1. The molecule has 5 heteroatoms. The van der Waals surface area contributed by atoms with Crippen LogP contribution in [0.1, 0.15) is 12.0 Å². The van der Waals surface area contributed by atoms with Crippen LogP contribution in [-0.4, -0.2) is 17.6 Å². The molecule has 0 bridgehead atoms. The lowest BCUT2D eigenvalue weighted by molar-refractivity contribution is -0.136. The number of nitrogens with zero attached hydrogens (tertiary/aromatic N) is 1. The number of rotatable bonds is 6. The fourth-order valence-corrected chi connectivity index (χ4v) is 2.02. The summed E-state index contributed by atoms with van der Waals surface area (Å²) >= 11 is 0. The quantitative estimate of drug-likeness (QED) is 0.886. The van der Waals surface area contributed by atoms with Gasteiger partial charge in [-0.2, -0.15) is 0 Å². The number of hydrogen-bond acceptors (Lipinski definition) is 2. The van der Waals surface area contributed by atoms with Crippen LogP contribution in [0, 0.1) is 11.6 Å². The van der Waals surface area contributed by atoms with Gasteiger partial charge in [-0.1, -0.05) is 24.3 Å². The maximum Gasteiger partial charge on any atom is 0.305 e. The topological polar surface area (TPSA) is 40.5 Å². The summed E-state index contributed by atoms with van der Waals surface area (Å²) in [6.07, 6.45) is -0.0578. The molecule has 1 N–H and O–H groups in total. The third-order valence-corrected chi connectivity index (χ3v) is 3.09. The molecule has 0 fully saturated rings. The third kappa shape index (κ3) is 4.27. The molecule has 0 aromatic heterocycles. The Balaban J connectivity index is 2.21. The van der Waals surface area contributed by atoms with E-state index in [9.17, 15) is 13.6 Å². The molecule has 2 aromatic rings. The number of anilines is 1. The SMILES string of the molecule is O=C(O)CCN(Cc1ccc(F)cc1F)c1ccccc1. The second-order valence-electron chi connectivity index (χ2n) is 4.64. The smallest absolute Gasteiger partial charge is 0.305 e. The van der Waals surface area contributed by atoms with Gasteiger partial charge in [0.15, 0.2) is 0 Å². The van der Waals surface area contributed by atoms with Crippen LogP contribution in [0.15, 0.2) is 48.5 Å². The molecule has 0 aliphatic carbocycles. The van der Waals surface area contributed by atoms with E-state index < -0.39 is 17.6 Å². The average Bonchev–Trinajstić information content (AvgIpc) is 2.46. The van der Waals surface area contributed by atoms with E-state index >= 15 is 0 Å². The first-order valence-electron chi connectivity index (χ1n) is 6.52. The van der Waals surface area contributed by atoms with Crippen LogP contribution >= 0.6 is 0 Å². The van der Waals surface area contributed by atoms with Crippen molar-refractivity contribution in [1.82, 2.24) is 0 Å². The highest BCUT2D eigenvalue weighted by molar-refractivity contribution is 5.67. The molecule has 110 valence electrons. The Kier molecular flexibility index (Phi) is 4.87. The van der Waals surface area contributed by atoms with Crippen molar-refractivity contribution in [3.8, 4) is 0 Å². The van der Waals surface area contributed by atoms with Gasteiger partial charge in [0.05, 0.1) is 6.42 Å². The molecule has 0 spiro atoms. The first-order valence-corrected chi connectivity index (χ1v) is 6.52. The van der Waals surface area contributed by atoms with E-state index in [-0.39, 0.29) is 19.5 Å². The van der Waals surface area contributed by atoms with Gasteiger partial charge in [-0.25, -0.2) is 8.78 Å². The van der Waals surface area contributed by atoms with Crippen molar-refractivity contribution in [2.75, 3.05) is 11.4 Å². The molecule has 0 radical (unpaired) electrons. The Labute approximate surface area is 121 Å². The van der Waals surface area contributed by atoms with Crippen LogP contribution in [-0.2, 0) is 11.3 Å². The monoisotopic (exact) mass is 291 g/mol. The van der Waals surface area contributed by atoms with E-state index in [4.69, 9.17) is 5.11 Å². The summed E-state index contributed by atoms with van der Waals surface area (Å²) in [5.41, 5.74) is 1.12. The lowest BCUT2D eigenvalue weighted by Gasteiger charge is -2.24. The summed E-state index contributed by atoms with van der Waals surface area (Å²) in [5.74, 6) is -2.19. The molecule has 0 unspecified atom stereocenters. The largest absolute Gasteiger partial charge is 0.481 e. The Hall–Kier alpha value is -2.43. The molecule has 0 aliphatic rings. The lowest BCUT2D eigenvalue weighted by Crippen LogP contribution is -2.26. The number of hydrogen-bond donors (Lipinski definition) is 1. The molecule has 0 saturated heterocycles. The summed E-state index contributed by atoms with van der Waals surface area (Å²) in [6.45, 7) is 0.430. The third-order valence-electron chi connectivity index (χ3n) is 3.09. The van der Waals surface area contributed by atoms with Crippen LogP contribution in [0.4, 0.5) is 14.5 Å². The van der Waals surface area contributed by atoms with Crippen LogP contribution < -0.4 is 4.90 Å². The van der Waals surface area contributed by atoms with Gasteiger partial charge >= 0.3 is 5.97 Å². The fraction of sp³-hybridized carbons (Fsp3) is 0.188. The summed E-state index contributed by atoms with van der Waals surface area (Å²) in [5, 5.41) is 8.82. The highest BCUT2D eigenvalue weighted by Gasteiger charge is 2.12. The van der Waals surface area contributed by atoms with Gasteiger partial charge in [0.1, 0.15) is 11.6 Å². The number of halogens is 2. The van der Waals surface area contributed by atoms with Gasteiger partial charge in [-0.15, -0.1) is 0 Å². The average molecular weight is 291 g/mol. The van der Waals surface area contributed by atoms with Crippen LogP contribution in [0.3, 0.4) is 0 Å². The number of benzene rings is 2. The van der Waals surface area contributed by atoms with E-state index in [1.165, 1.54) is 12.1 Å². The zero-order valence-electron chi connectivity index (χ0n) is 11.3. The van der Waals surface area contributed by atoms with Gasteiger partial charge in [0.2, 0.25) is 0 Å². The van der Waals surface area contributed by atoms with Gasteiger partial charge in [0, 0.05) is 30.4 Å². The highest BCUT2D eigenvalue weighted by atomic mass is 19.1. The molecular weight excluding hydrogens is 276 g/mol. The van der Waals surface area contributed by atoms with Gasteiger partial charge < -0.3 is 10.0 Å². The van der Waals surface area contributed by atoms with Crippen molar-refractivity contribution in [3.63, 3.8) is 0 Å². The van der Waals surface area contributed by atoms with E-state index in [1.54, 1.807) is 4.90 Å². The maximum absolute atomic E-state index is 13.7. The molecule has 0 heterocycles. The molecule has 0 amide bonds. The number of para-hydroxylation sites is 1. The Morgan fingerprint density at radius 2 is 1.81 bits per heavy atom. The van der Waals surface area contributed by atoms with Crippen molar-refractivity contribution in [2.45, 2.75) is 13.0 Å². The first kappa shape index (κ1) is 15.0. The Morgan fingerprint density at radius 1 is 1.10 bits per heavy atom. The molecule has 0 atom stereocenters. The summed E-state index contributed by atoms with van der Waals surface area (Å²) in [6, 6.07) is 12.5. The van der Waals surface area contributed by atoms with E-state index in [1.807, 2.05) is 30.3 Å². The summed E-state index contributed by atoms with van der Waals surface area (Å²) in [7, 11) is 0. The predicted molar refractivity (Wildman–Crippen MR) is 76.1 cm³/mol. The van der Waals surface area contributed by atoms with E-state index in [0.717, 1.165) is 11.8 Å². The molecular formula is C16H15F2NO2. The van der Waals surface area contributed by atoms with E-state index in [0.29, 0.717) is 5.56 Å². The van der Waals surface area contributed by atoms with Crippen molar-refractivity contribution >= 4 is 11.7 Å². The zero-order valence-corrected chi connectivity index (χ0v) is 11.3. The standard InChI is InChI=1S/C16H15F2NO2/c17-13-7-6-12(15(18)10-13)11-19(9-8-16(20)21)14-4-2-1-3-5-14/h1-7,10H,8-9,11H2,(H,20,21). The van der Waals surface area contributed by atoms with Crippen LogP contribution in [0.2, 0.25) is 0 Å². The summed E-state index contributed by atoms with van der Waals surface area (Å²) < 4.78 is 26.7. The number of aliphatic carboxylic acids is 1. The predicted octanol–water partition coefficient (Wildman–Crippen LogP) is 3.45. The van der Waals surface area contributed by atoms with Crippen molar-refractivity contribution in [3.05, 3.63) is 65.7 Å². The van der Waals surface area contributed by atoms with E-state index in [2.05, 4.69) is 0 Å². The molecule has 0 saturated carbocycles. The van der Waals surface area contributed by atoms with Crippen molar-refractivity contribution in [1.29, 1.82) is 0 Å². The van der Waals surface area contributed by atoms with Crippen LogP contribution in [0.5, 0.6) is 0 Å². The summed E-state index contributed by atoms with van der Waals surface area (Å²) in [4.78, 5) is 12.5. The van der Waals surface area contributed by atoms with Gasteiger partial charge in [-0.05, 0) is 18.2 Å². The molecule has 21 heavy (non-hydrogen) atoms. The Bertz CT molecular complexity index is 617. The normalized spacial score (nSPS) is 10.4. The lowest BCUT2D eigenvalue weighted by atomic mass is 10.1. The second kappa shape index (κ2) is 6.83. The number of carboxylic acid groups (broad SMARTS) is 1. The fourth-order valence-electron chi connectivity index (χ4n) is 2.02. The minimum atomic E-state index is -0.921. The minimum absolute atomic E-state index is 0.0578. The highest BCUT2D eigenvalue weighted by Crippen LogP contribution is 2.19. The van der Waals surface area contributed by atoms with Crippen molar-refractivity contribution < 1.29 is 18.7 Å². The maximum atomic E-state index is 13.7. The van der Waals surface area contributed by atoms with Crippen LogP contribution in [0.25, 0.3) is 0 Å². The van der Waals surface area contributed by atoms with Gasteiger partial charge in [-0.3, -0.25) is 4.79 Å². The van der Waals surface area contributed by atoms with Crippen molar-refractivity contribution in [2.24, 2.45) is 0 Å². The molecule has 2 rings (SSSR count). The van der Waals surface area contributed by atoms with Gasteiger partial charge in [0.25, 0.3) is 0 Å².